The average Bonchev–Trinajstić information content (AvgIpc) is 3.07. The second kappa shape index (κ2) is 14.8. The minimum absolute atomic E-state index is 0.0465. The zero-order valence-electron chi connectivity index (χ0n) is 28.1. The maximum atomic E-state index is 14.5. The molecule has 0 saturated carbocycles. The number of Topliss-reactive ketones (excluding diaryl/α,β-unsaturated/α-hetero) is 1. The molecule has 9 nitrogen and oxygen atoms in total. The molecule has 0 bridgehead atoms. The Hall–Kier alpha value is -4.76. The molecule has 4 N–H and O–H groups in total. The number of carbonyl (C=O) groups is 4. The van der Waals surface area contributed by atoms with Crippen molar-refractivity contribution in [3.8, 4) is 0 Å². The van der Waals surface area contributed by atoms with E-state index in [4.69, 9.17) is 10.2 Å². The van der Waals surface area contributed by atoms with Gasteiger partial charge < -0.3 is 25.5 Å². The maximum Gasteiger partial charge on any atom is 0.353 e. The summed E-state index contributed by atoms with van der Waals surface area (Å²) in [4.78, 5) is 55.2. The number of aliphatic carboxylic acids is 1. The number of β-lactam (4-membered cyclic amide) rings is 1. The van der Waals surface area contributed by atoms with Crippen molar-refractivity contribution in [1.82, 2.24) is 10.2 Å². The van der Waals surface area contributed by atoms with Crippen molar-refractivity contribution in [2.75, 3.05) is 0 Å². The van der Waals surface area contributed by atoms with Crippen LogP contribution in [0.3, 0.4) is 0 Å². The Bertz CT molecular complexity index is 1790. The third-order valence-corrected chi connectivity index (χ3v) is 13.9. The molecule has 0 spiro atoms. The fourth-order valence-electron chi connectivity index (χ4n) is 6.72. The molecule has 1 aliphatic heterocycles. The number of carbonyl (C=O) groups excluding carboxylic acids is 3. The lowest BCUT2D eigenvalue weighted by atomic mass is 9.79. The van der Waals surface area contributed by atoms with Gasteiger partial charge in [-0.3, -0.25) is 9.59 Å². The zero-order valence-corrected chi connectivity index (χ0v) is 30.0. The van der Waals surface area contributed by atoms with Crippen LogP contribution in [-0.2, 0) is 20.6 Å². The number of amides is 3. The first-order chi connectivity index (χ1) is 23.3. The highest BCUT2D eigenvalue weighted by Crippen LogP contribution is 2.50. The van der Waals surface area contributed by atoms with E-state index in [1.54, 1.807) is 24.3 Å². The number of nitrogens with one attached hydrogen (secondary N) is 1. The van der Waals surface area contributed by atoms with E-state index in [0.717, 1.165) is 15.9 Å². The number of hydrogen-bond donors (Lipinski definition) is 3. The molecule has 254 valence electrons. The number of urea groups is 1. The SMILES string of the molecule is C[C@@H](O[Si](C)(C)C)[C@H]1C(=O)N(C(C(=O)O)=P(c2ccccc2)(c2ccccc2)c2ccccc2)[C@@H]1CC(=O)c1cccc(CNC(N)=O)c1. The molecule has 0 aliphatic carbocycles. The lowest BCUT2D eigenvalue weighted by Gasteiger charge is -2.51. The molecule has 0 radical (unpaired) electrons. The van der Waals surface area contributed by atoms with Crippen LogP contribution in [0.4, 0.5) is 4.79 Å². The molecular weight excluding hydrogens is 653 g/mol. The zero-order chi connectivity index (χ0) is 35.3. The van der Waals surface area contributed by atoms with Crippen molar-refractivity contribution < 1.29 is 28.7 Å². The van der Waals surface area contributed by atoms with Crippen molar-refractivity contribution in [3.63, 3.8) is 0 Å². The number of benzene rings is 4. The van der Waals surface area contributed by atoms with E-state index in [1.165, 1.54) is 4.90 Å². The van der Waals surface area contributed by atoms with Gasteiger partial charge in [0, 0.05) is 25.4 Å². The van der Waals surface area contributed by atoms with Gasteiger partial charge in [-0.25, -0.2) is 9.59 Å². The number of nitrogens with two attached hydrogens (primary N) is 1. The highest BCUT2D eigenvalue weighted by molar-refractivity contribution is 7.96. The normalized spacial score (nSPS) is 16.7. The first-order valence-corrected chi connectivity index (χ1v) is 21.4. The highest BCUT2D eigenvalue weighted by Gasteiger charge is 2.56. The Kier molecular flexibility index (Phi) is 10.7. The fourth-order valence-corrected chi connectivity index (χ4v) is 12.3. The van der Waals surface area contributed by atoms with Crippen LogP contribution in [0.25, 0.3) is 0 Å². The highest BCUT2D eigenvalue weighted by atomic mass is 31.2. The molecule has 1 aliphatic rings. The van der Waals surface area contributed by atoms with Gasteiger partial charge in [-0.2, -0.15) is 0 Å². The summed E-state index contributed by atoms with van der Waals surface area (Å²) in [7, 11) is -2.14. The first kappa shape index (κ1) is 35.5. The molecule has 4 aromatic carbocycles. The van der Waals surface area contributed by atoms with Crippen LogP contribution in [0.2, 0.25) is 19.6 Å². The van der Waals surface area contributed by atoms with Crippen molar-refractivity contribution in [2.45, 2.75) is 51.7 Å². The molecule has 1 saturated heterocycles. The molecule has 0 aromatic heterocycles. The Morgan fingerprint density at radius 3 is 1.82 bits per heavy atom. The summed E-state index contributed by atoms with van der Waals surface area (Å²) in [6.07, 6.45) is -0.676. The third kappa shape index (κ3) is 7.47. The van der Waals surface area contributed by atoms with Crippen LogP contribution in [0.1, 0.15) is 29.3 Å². The Morgan fingerprint density at radius 2 is 1.37 bits per heavy atom. The van der Waals surface area contributed by atoms with Gasteiger partial charge in [0.2, 0.25) is 5.91 Å². The predicted molar refractivity (Wildman–Crippen MR) is 198 cm³/mol. The van der Waals surface area contributed by atoms with E-state index in [2.05, 4.69) is 5.32 Å². The van der Waals surface area contributed by atoms with Crippen molar-refractivity contribution in [1.29, 1.82) is 0 Å². The summed E-state index contributed by atoms with van der Waals surface area (Å²) < 4.78 is 6.41. The number of nitrogens with zero attached hydrogens (tertiary/aromatic N) is 1. The average molecular weight is 696 g/mol. The van der Waals surface area contributed by atoms with Gasteiger partial charge in [-0.1, -0.05) is 109 Å². The van der Waals surface area contributed by atoms with Gasteiger partial charge in [-0.05, 0) is 54.1 Å². The summed E-state index contributed by atoms with van der Waals surface area (Å²) in [5.41, 5.74) is 6.26. The largest absolute Gasteiger partial charge is 0.477 e. The predicted octanol–water partition coefficient (Wildman–Crippen LogP) is 4.70. The van der Waals surface area contributed by atoms with Crippen LogP contribution < -0.4 is 27.0 Å². The number of carboxylic acid groups (broad SMARTS) is 1. The van der Waals surface area contributed by atoms with E-state index in [0.29, 0.717) is 11.1 Å². The molecule has 1 fully saturated rings. The monoisotopic (exact) mass is 695 g/mol. The second-order valence-corrected chi connectivity index (χ2v) is 20.9. The van der Waals surface area contributed by atoms with Crippen LogP contribution in [0.15, 0.2) is 115 Å². The molecule has 49 heavy (non-hydrogen) atoms. The van der Waals surface area contributed by atoms with E-state index < -0.39 is 45.3 Å². The van der Waals surface area contributed by atoms with E-state index in [9.17, 15) is 24.3 Å². The summed E-state index contributed by atoms with van der Waals surface area (Å²) in [5, 5.41) is 16.2. The van der Waals surface area contributed by atoms with Crippen LogP contribution in [0, 0.1) is 5.92 Å². The number of rotatable bonds is 13. The van der Waals surface area contributed by atoms with E-state index >= 15 is 0 Å². The van der Waals surface area contributed by atoms with Crippen molar-refractivity contribution in [3.05, 3.63) is 126 Å². The quantitative estimate of drug-likeness (QED) is 0.0803. The minimum Gasteiger partial charge on any atom is -0.477 e. The minimum atomic E-state index is -3.23. The standard InChI is InChI=1S/C38H42N3O6PSi/c1-26(47-49(2,3)4)34-32(24-33(42)28-16-14-15-27(23-28)25-40-38(39)46)41(35(34)43)36(37(44)45)48(29-17-8-5-9-18-29,30-19-10-6-11-20-30)31-21-12-7-13-22-31/h5-23,26,32,34H,24-25H2,1-4H3,(H,44,45)(H3,39,40,46)/t26-,32-,34-/m1/s1. The first-order valence-electron chi connectivity index (χ1n) is 16.2. The molecular formula is C38H42N3O6PSi. The number of carboxylic acids is 1. The van der Waals surface area contributed by atoms with Crippen LogP contribution in [-0.4, -0.2) is 59.6 Å². The number of hydrogen-bond acceptors (Lipinski definition) is 5. The number of likely N-dealkylation sites (tertiary alicyclic amines) is 1. The molecule has 3 amide bonds. The smallest absolute Gasteiger partial charge is 0.353 e. The molecule has 3 atom stereocenters. The van der Waals surface area contributed by atoms with Gasteiger partial charge in [0.05, 0.1) is 18.1 Å². The van der Waals surface area contributed by atoms with Crippen LogP contribution in [0.5, 0.6) is 0 Å². The van der Waals surface area contributed by atoms with E-state index in [1.807, 2.05) is 118 Å². The molecule has 5 rings (SSSR count). The summed E-state index contributed by atoms with van der Waals surface area (Å²) in [5.74, 6) is -2.62. The third-order valence-electron chi connectivity index (χ3n) is 8.59. The molecule has 0 unspecified atom stereocenters. The summed E-state index contributed by atoms with van der Waals surface area (Å²) in [6.45, 7) is 4.84. The van der Waals surface area contributed by atoms with Gasteiger partial charge >= 0.3 is 12.0 Å². The molecule has 4 aromatic rings. The summed E-state index contributed by atoms with van der Waals surface area (Å²) >= 11 is 0. The van der Waals surface area contributed by atoms with Crippen LogP contribution >= 0.6 is 6.89 Å². The topological polar surface area (TPSA) is 139 Å². The van der Waals surface area contributed by atoms with Gasteiger partial charge in [0.25, 0.3) is 0 Å². The molecule has 11 heteroatoms. The Balaban J connectivity index is 1.75. The maximum absolute atomic E-state index is 14.5. The van der Waals surface area contributed by atoms with Crippen molar-refractivity contribution in [2.24, 2.45) is 11.7 Å². The lowest BCUT2D eigenvalue weighted by Crippen LogP contribution is -2.69. The fraction of sp³-hybridized carbons (Fsp3) is 0.237. The Morgan fingerprint density at radius 1 is 0.857 bits per heavy atom. The molecule has 1 heterocycles. The Labute approximate surface area is 288 Å². The summed E-state index contributed by atoms with van der Waals surface area (Å²) in [6, 6.07) is 33.8. The lowest BCUT2D eigenvalue weighted by molar-refractivity contribution is -0.155. The van der Waals surface area contributed by atoms with Gasteiger partial charge in [0.1, 0.15) is 5.42 Å². The van der Waals surface area contributed by atoms with Crippen molar-refractivity contribution >= 4 is 60.2 Å². The number of primary amides is 1. The second-order valence-electron chi connectivity index (χ2n) is 13.1. The van der Waals surface area contributed by atoms with Gasteiger partial charge in [-0.15, -0.1) is 0 Å². The van der Waals surface area contributed by atoms with Gasteiger partial charge in [0.15, 0.2) is 14.1 Å². The number of ketones is 1. The van der Waals surface area contributed by atoms with E-state index in [-0.39, 0.29) is 30.1 Å².